The van der Waals surface area contributed by atoms with Gasteiger partial charge in [-0.2, -0.15) is 0 Å². The number of carbonyl (C=O) groups excluding carboxylic acids is 3. The van der Waals surface area contributed by atoms with Gasteiger partial charge >= 0.3 is 6.09 Å². The van der Waals surface area contributed by atoms with Crippen molar-refractivity contribution in [1.29, 1.82) is 0 Å². The highest BCUT2D eigenvalue weighted by Gasteiger charge is 2.41. The predicted molar refractivity (Wildman–Crippen MR) is 115 cm³/mol. The highest BCUT2D eigenvalue weighted by Crippen LogP contribution is 2.29. The fourth-order valence-corrected chi connectivity index (χ4v) is 4.03. The van der Waals surface area contributed by atoms with Crippen molar-refractivity contribution in [2.45, 2.75) is 31.9 Å². The van der Waals surface area contributed by atoms with Crippen molar-refractivity contribution in [2.24, 2.45) is 0 Å². The summed E-state index contributed by atoms with van der Waals surface area (Å²) < 4.78 is 16.1. The first-order valence-corrected chi connectivity index (χ1v) is 10.7. The fraction of sp³-hybridized carbons (Fsp3) is 0.375. The fourth-order valence-electron chi connectivity index (χ4n) is 4.03. The van der Waals surface area contributed by atoms with Gasteiger partial charge < -0.3 is 19.1 Å². The van der Waals surface area contributed by atoms with Gasteiger partial charge in [0.05, 0.1) is 13.2 Å². The molecule has 32 heavy (non-hydrogen) atoms. The van der Waals surface area contributed by atoms with Gasteiger partial charge in [0.25, 0.3) is 5.91 Å². The Morgan fingerprint density at radius 3 is 2.62 bits per heavy atom. The third-order valence-corrected chi connectivity index (χ3v) is 5.76. The number of carbonyl (C=O) groups is 3. The molecule has 2 aliphatic rings. The van der Waals surface area contributed by atoms with Crippen LogP contribution in [0.1, 0.15) is 24.0 Å². The number of rotatable bonds is 8. The van der Waals surface area contributed by atoms with E-state index < -0.39 is 6.09 Å². The van der Waals surface area contributed by atoms with Crippen molar-refractivity contribution in [3.63, 3.8) is 0 Å². The van der Waals surface area contributed by atoms with E-state index in [2.05, 4.69) is 0 Å². The summed E-state index contributed by atoms with van der Waals surface area (Å²) in [6, 6.07) is 15.2. The largest absolute Gasteiger partial charge is 0.493 e. The van der Waals surface area contributed by atoms with Gasteiger partial charge in [0.2, 0.25) is 5.91 Å². The number of benzene rings is 2. The molecule has 0 radical (unpaired) electrons. The zero-order chi connectivity index (χ0) is 22.5. The molecule has 2 heterocycles. The number of hydrogen-bond acceptors (Lipinski definition) is 6. The number of imide groups is 1. The molecule has 3 amide bonds. The second-order valence-corrected chi connectivity index (χ2v) is 7.86. The van der Waals surface area contributed by atoms with Gasteiger partial charge in [0.15, 0.2) is 18.1 Å². The molecule has 0 spiro atoms. The minimum Gasteiger partial charge on any atom is -0.493 e. The lowest BCUT2D eigenvalue weighted by atomic mass is 10.1. The summed E-state index contributed by atoms with van der Waals surface area (Å²) in [5.41, 5.74) is 2.02. The van der Waals surface area contributed by atoms with E-state index in [0.717, 1.165) is 16.0 Å². The second kappa shape index (κ2) is 9.72. The SMILES string of the molecule is COc1ccc(CCC(=O)N2CC[C@H](N3C(=O)COC3=O)C2)cc1OCc1ccccc1. The zero-order valence-electron chi connectivity index (χ0n) is 18.0. The summed E-state index contributed by atoms with van der Waals surface area (Å²) in [7, 11) is 1.60. The molecule has 0 bridgehead atoms. The van der Waals surface area contributed by atoms with Crippen LogP contribution in [0.3, 0.4) is 0 Å². The van der Waals surface area contributed by atoms with Crippen LogP contribution < -0.4 is 9.47 Å². The minimum absolute atomic E-state index is 0.00455. The standard InChI is InChI=1S/C24H26N2O6/c1-30-20-9-7-17(13-21(20)31-15-18-5-3-2-4-6-18)8-10-22(27)25-12-11-19(14-25)26-23(28)16-32-24(26)29/h2-7,9,13,19H,8,10-12,14-16H2,1H3/t19-/m0/s1. The molecule has 0 N–H and O–H groups in total. The van der Waals surface area contributed by atoms with E-state index in [1.54, 1.807) is 12.0 Å². The van der Waals surface area contributed by atoms with E-state index in [1.165, 1.54) is 0 Å². The molecular weight excluding hydrogens is 412 g/mol. The number of likely N-dealkylation sites (tertiary alicyclic amines) is 1. The number of methoxy groups -OCH3 is 1. The Morgan fingerprint density at radius 1 is 1.09 bits per heavy atom. The summed E-state index contributed by atoms with van der Waals surface area (Å²) in [4.78, 5) is 39.2. The summed E-state index contributed by atoms with van der Waals surface area (Å²) in [6.45, 7) is 1.09. The highest BCUT2D eigenvalue weighted by atomic mass is 16.6. The van der Waals surface area contributed by atoms with Crippen LogP contribution in [-0.4, -0.2) is 60.6 Å². The Morgan fingerprint density at radius 2 is 1.91 bits per heavy atom. The van der Waals surface area contributed by atoms with E-state index in [-0.39, 0.29) is 24.5 Å². The molecule has 2 fully saturated rings. The lowest BCUT2D eigenvalue weighted by Crippen LogP contribution is -2.42. The van der Waals surface area contributed by atoms with Gasteiger partial charge in [-0.1, -0.05) is 36.4 Å². The molecule has 168 valence electrons. The zero-order valence-corrected chi connectivity index (χ0v) is 18.0. The Kier molecular flexibility index (Phi) is 6.58. The Bertz CT molecular complexity index is 977. The molecule has 2 aromatic carbocycles. The highest BCUT2D eigenvalue weighted by molar-refractivity contribution is 5.98. The third-order valence-electron chi connectivity index (χ3n) is 5.76. The first-order valence-electron chi connectivity index (χ1n) is 10.7. The van der Waals surface area contributed by atoms with Gasteiger partial charge in [-0.05, 0) is 36.1 Å². The Balaban J connectivity index is 1.32. The van der Waals surface area contributed by atoms with Crippen molar-refractivity contribution in [3.8, 4) is 11.5 Å². The van der Waals surface area contributed by atoms with Crippen molar-refractivity contribution in [2.75, 3.05) is 26.8 Å². The number of hydrogen-bond donors (Lipinski definition) is 0. The summed E-state index contributed by atoms with van der Waals surface area (Å²) in [5, 5.41) is 0. The molecule has 0 unspecified atom stereocenters. The van der Waals surface area contributed by atoms with E-state index in [9.17, 15) is 14.4 Å². The summed E-state index contributed by atoms with van der Waals surface area (Å²) in [5.74, 6) is 0.930. The van der Waals surface area contributed by atoms with Crippen molar-refractivity contribution < 1.29 is 28.6 Å². The molecule has 2 aromatic rings. The summed E-state index contributed by atoms with van der Waals surface area (Å²) >= 11 is 0. The molecule has 2 saturated heterocycles. The number of nitrogens with zero attached hydrogens (tertiary/aromatic N) is 2. The van der Waals surface area contributed by atoms with Gasteiger partial charge in [-0.15, -0.1) is 0 Å². The third kappa shape index (κ3) is 4.85. The molecule has 4 rings (SSSR count). The van der Waals surface area contributed by atoms with E-state index in [0.29, 0.717) is 50.5 Å². The maximum absolute atomic E-state index is 12.7. The lowest BCUT2D eigenvalue weighted by Gasteiger charge is -2.20. The van der Waals surface area contributed by atoms with Crippen LogP contribution in [0.15, 0.2) is 48.5 Å². The molecule has 1 atom stereocenters. The van der Waals surface area contributed by atoms with Crippen molar-refractivity contribution >= 4 is 17.9 Å². The number of cyclic esters (lactones) is 1. The number of aryl methyl sites for hydroxylation is 1. The Labute approximate surface area is 186 Å². The molecule has 2 aliphatic heterocycles. The van der Waals surface area contributed by atoms with Gasteiger partial charge in [0, 0.05) is 19.5 Å². The first kappa shape index (κ1) is 21.7. The van der Waals surface area contributed by atoms with E-state index >= 15 is 0 Å². The van der Waals surface area contributed by atoms with Gasteiger partial charge in [-0.25, -0.2) is 9.69 Å². The molecule has 8 heteroatoms. The van der Waals surface area contributed by atoms with E-state index in [4.69, 9.17) is 14.2 Å². The predicted octanol–water partition coefficient (Wildman–Crippen LogP) is 2.79. The minimum atomic E-state index is -0.615. The molecule has 8 nitrogen and oxygen atoms in total. The molecule has 0 aliphatic carbocycles. The second-order valence-electron chi connectivity index (χ2n) is 7.86. The number of amides is 3. The number of ether oxygens (including phenoxy) is 3. The smallest absolute Gasteiger partial charge is 0.417 e. The van der Waals surface area contributed by atoms with Gasteiger partial charge in [-0.3, -0.25) is 9.59 Å². The van der Waals surface area contributed by atoms with Crippen LogP contribution >= 0.6 is 0 Å². The topological polar surface area (TPSA) is 85.4 Å². The van der Waals surface area contributed by atoms with Crippen LogP contribution in [0.25, 0.3) is 0 Å². The van der Waals surface area contributed by atoms with Gasteiger partial charge in [0.1, 0.15) is 6.61 Å². The van der Waals surface area contributed by atoms with Crippen LogP contribution in [0.4, 0.5) is 4.79 Å². The molecule has 0 aromatic heterocycles. The summed E-state index contributed by atoms with van der Waals surface area (Å²) in [6.07, 6.45) is 0.842. The van der Waals surface area contributed by atoms with E-state index in [1.807, 2.05) is 48.5 Å². The molecular formula is C24H26N2O6. The lowest BCUT2D eigenvalue weighted by molar-refractivity contribution is -0.131. The maximum atomic E-state index is 12.7. The average Bonchev–Trinajstić information content (AvgIpc) is 3.43. The van der Waals surface area contributed by atoms with Crippen molar-refractivity contribution in [3.05, 3.63) is 59.7 Å². The quantitative estimate of drug-likeness (QED) is 0.630. The van der Waals surface area contributed by atoms with Crippen LogP contribution in [0, 0.1) is 0 Å². The normalized spacial score (nSPS) is 18.1. The van der Waals surface area contributed by atoms with Crippen molar-refractivity contribution in [1.82, 2.24) is 9.80 Å². The van der Waals surface area contributed by atoms with Crippen LogP contribution in [-0.2, 0) is 27.4 Å². The van der Waals surface area contributed by atoms with Crippen LogP contribution in [0.2, 0.25) is 0 Å². The molecule has 0 saturated carbocycles. The Hall–Kier alpha value is -3.55. The van der Waals surface area contributed by atoms with Crippen LogP contribution in [0.5, 0.6) is 11.5 Å². The average molecular weight is 438 g/mol. The first-order chi connectivity index (χ1) is 15.5. The monoisotopic (exact) mass is 438 g/mol. The maximum Gasteiger partial charge on any atom is 0.417 e.